The van der Waals surface area contributed by atoms with Crippen LogP contribution in [0.15, 0.2) is 43.0 Å². The molecule has 1 aromatic heterocycles. The van der Waals surface area contributed by atoms with Crippen molar-refractivity contribution in [3.05, 3.63) is 54.1 Å². The molecule has 1 heterocycles. The molecule has 6 heteroatoms. The molecule has 21 heavy (non-hydrogen) atoms. The van der Waals surface area contributed by atoms with Crippen LogP contribution in [0.3, 0.4) is 0 Å². The van der Waals surface area contributed by atoms with Crippen LogP contribution in [0.4, 0.5) is 0 Å². The summed E-state index contributed by atoms with van der Waals surface area (Å²) in [7, 11) is 0. The quantitative estimate of drug-likeness (QED) is 0.760. The number of aromatic carboxylic acids is 1. The van der Waals surface area contributed by atoms with Crippen molar-refractivity contribution < 1.29 is 14.7 Å². The fourth-order valence-corrected chi connectivity index (χ4v) is 1.94. The molecule has 0 fully saturated rings. The van der Waals surface area contributed by atoms with E-state index in [0.717, 1.165) is 19.4 Å². The highest BCUT2D eigenvalue weighted by Gasteiger charge is 2.08. The average Bonchev–Trinajstić information content (AvgIpc) is 3.00. The molecule has 0 aliphatic rings. The predicted molar refractivity (Wildman–Crippen MR) is 77.2 cm³/mol. The van der Waals surface area contributed by atoms with Crippen molar-refractivity contribution in [2.75, 3.05) is 6.54 Å². The molecule has 1 amide bonds. The van der Waals surface area contributed by atoms with E-state index in [-0.39, 0.29) is 11.5 Å². The molecule has 0 saturated heterocycles. The van der Waals surface area contributed by atoms with Gasteiger partial charge in [0, 0.05) is 31.0 Å². The summed E-state index contributed by atoms with van der Waals surface area (Å²) in [6.07, 6.45) is 7.18. The van der Waals surface area contributed by atoms with Gasteiger partial charge in [-0.15, -0.1) is 0 Å². The van der Waals surface area contributed by atoms with Gasteiger partial charge < -0.3 is 15.0 Å². The summed E-state index contributed by atoms with van der Waals surface area (Å²) >= 11 is 0. The maximum absolute atomic E-state index is 11.9. The summed E-state index contributed by atoms with van der Waals surface area (Å²) in [5, 5.41) is 11.7. The number of carbonyl (C=O) groups excluding carboxylic acids is 1. The first-order valence-electron chi connectivity index (χ1n) is 6.74. The lowest BCUT2D eigenvalue weighted by Crippen LogP contribution is -2.24. The van der Waals surface area contributed by atoms with Crippen LogP contribution in [0.5, 0.6) is 0 Å². The van der Waals surface area contributed by atoms with Crippen LogP contribution in [-0.4, -0.2) is 33.1 Å². The van der Waals surface area contributed by atoms with Crippen LogP contribution < -0.4 is 5.32 Å². The number of nitrogens with one attached hydrogen (secondary N) is 1. The van der Waals surface area contributed by atoms with Crippen molar-refractivity contribution in [3.8, 4) is 0 Å². The van der Waals surface area contributed by atoms with Gasteiger partial charge >= 0.3 is 5.97 Å². The number of aromatic nitrogens is 2. The van der Waals surface area contributed by atoms with Crippen molar-refractivity contribution in [2.45, 2.75) is 19.4 Å². The molecule has 1 aromatic carbocycles. The third-order valence-electron chi connectivity index (χ3n) is 3.06. The Morgan fingerprint density at radius 3 is 2.76 bits per heavy atom. The Kier molecular flexibility index (Phi) is 5.09. The van der Waals surface area contributed by atoms with Gasteiger partial charge in [-0.05, 0) is 31.0 Å². The van der Waals surface area contributed by atoms with Crippen LogP contribution in [0.2, 0.25) is 0 Å². The number of hydrogen-bond acceptors (Lipinski definition) is 3. The van der Waals surface area contributed by atoms with Gasteiger partial charge in [0.1, 0.15) is 0 Å². The molecule has 2 N–H and O–H groups in total. The van der Waals surface area contributed by atoms with E-state index in [0.29, 0.717) is 12.1 Å². The van der Waals surface area contributed by atoms with Gasteiger partial charge in [0.2, 0.25) is 0 Å². The molecule has 6 nitrogen and oxygen atoms in total. The number of imidazole rings is 1. The fourth-order valence-electron chi connectivity index (χ4n) is 1.94. The minimum Gasteiger partial charge on any atom is -0.478 e. The van der Waals surface area contributed by atoms with Crippen LogP contribution >= 0.6 is 0 Å². The summed E-state index contributed by atoms with van der Waals surface area (Å²) in [5.74, 6) is -1.29. The van der Waals surface area contributed by atoms with Crippen molar-refractivity contribution in [3.63, 3.8) is 0 Å². The minimum atomic E-state index is -1.04. The first kappa shape index (κ1) is 14.8. The highest BCUT2D eigenvalue weighted by atomic mass is 16.4. The lowest BCUT2D eigenvalue weighted by molar-refractivity contribution is 0.0697. The molecule has 0 saturated carbocycles. The molecular weight excluding hydrogens is 270 g/mol. The number of amides is 1. The Labute approximate surface area is 122 Å². The molecule has 0 bridgehead atoms. The zero-order chi connectivity index (χ0) is 15.1. The minimum absolute atomic E-state index is 0.114. The molecule has 0 atom stereocenters. The molecule has 0 unspecified atom stereocenters. The van der Waals surface area contributed by atoms with E-state index in [2.05, 4.69) is 10.3 Å². The Hall–Kier alpha value is -2.63. The van der Waals surface area contributed by atoms with Crippen LogP contribution in [0.1, 0.15) is 33.6 Å². The third-order valence-corrected chi connectivity index (χ3v) is 3.06. The van der Waals surface area contributed by atoms with E-state index in [1.54, 1.807) is 24.7 Å². The Morgan fingerprint density at radius 1 is 1.24 bits per heavy atom. The molecule has 2 aromatic rings. The Morgan fingerprint density at radius 2 is 2.05 bits per heavy atom. The van der Waals surface area contributed by atoms with E-state index in [4.69, 9.17) is 5.11 Å². The molecule has 0 aliphatic carbocycles. The highest BCUT2D eigenvalue weighted by molar-refractivity contribution is 5.97. The van der Waals surface area contributed by atoms with E-state index in [9.17, 15) is 9.59 Å². The zero-order valence-electron chi connectivity index (χ0n) is 11.5. The van der Waals surface area contributed by atoms with Crippen molar-refractivity contribution in [2.24, 2.45) is 0 Å². The molecular formula is C15H17N3O3. The van der Waals surface area contributed by atoms with E-state index in [1.807, 2.05) is 10.8 Å². The lowest BCUT2D eigenvalue weighted by Gasteiger charge is -2.06. The first-order valence-corrected chi connectivity index (χ1v) is 6.74. The maximum atomic E-state index is 11.9. The molecule has 0 aliphatic heterocycles. The SMILES string of the molecule is O=C(O)c1cccc(C(=O)NCCCCn2ccnc2)c1. The van der Waals surface area contributed by atoms with Crippen molar-refractivity contribution >= 4 is 11.9 Å². The standard InChI is InChI=1S/C15H17N3O3/c19-14(12-4-3-5-13(10-12)15(20)21)17-6-1-2-8-18-9-7-16-11-18/h3-5,7,9-11H,1-2,6,8H2,(H,17,19)(H,20,21). The van der Waals surface area contributed by atoms with Gasteiger partial charge in [-0.25, -0.2) is 9.78 Å². The van der Waals surface area contributed by atoms with Crippen LogP contribution in [-0.2, 0) is 6.54 Å². The van der Waals surface area contributed by atoms with E-state index >= 15 is 0 Å². The normalized spacial score (nSPS) is 10.3. The van der Waals surface area contributed by atoms with Gasteiger partial charge in [0.05, 0.1) is 11.9 Å². The Bertz CT molecular complexity index is 608. The van der Waals surface area contributed by atoms with Crippen LogP contribution in [0.25, 0.3) is 0 Å². The molecule has 0 radical (unpaired) electrons. The van der Waals surface area contributed by atoms with Gasteiger partial charge in [0.15, 0.2) is 0 Å². The zero-order valence-corrected chi connectivity index (χ0v) is 11.5. The summed E-state index contributed by atoms with van der Waals surface area (Å²) in [4.78, 5) is 26.7. The Balaban J connectivity index is 1.74. The summed E-state index contributed by atoms with van der Waals surface area (Å²) in [6.45, 7) is 1.43. The summed E-state index contributed by atoms with van der Waals surface area (Å²) in [5.41, 5.74) is 0.479. The van der Waals surface area contributed by atoms with Gasteiger partial charge in [0.25, 0.3) is 5.91 Å². The van der Waals surface area contributed by atoms with Crippen molar-refractivity contribution in [1.82, 2.24) is 14.9 Å². The van der Waals surface area contributed by atoms with Gasteiger partial charge in [-0.3, -0.25) is 4.79 Å². The van der Waals surface area contributed by atoms with Gasteiger partial charge in [-0.1, -0.05) is 6.07 Å². The molecule has 110 valence electrons. The number of unbranched alkanes of at least 4 members (excludes halogenated alkanes) is 1. The number of aryl methyl sites for hydroxylation is 1. The fraction of sp³-hybridized carbons (Fsp3) is 0.267. The van der Waals surface area contributed by atoms with E-state index in [1.165, 1.54) is 12.1 Å². The molecule has 0 spiro atoms. The first-order chi connectivity index (χ1) is 10.2. The summed E-state index contributed by atoms with van der Waals surface area (Å²) < 4.78 is 1.98. The smallest absolute Gasteiger partial charge is 0.335 e. The van der Waals surface area contributed by atoms with Crippen LogP contribution in [0, 0.1) is 0 Å². The largest absolute Gasteiger partial charge is 0.478 e. The maximum Gasteiger partial charge on any atom is 0.335 e. The number of benzene rings is 1. The average molecular weight is 287 g/mol. The monoisotopic (exact) mass is 287 g/mol. The predicted octanol–water partition coefficient (Wildman–Crippen LogP) is 1.79. The topological polar surface area (TPSA) is 84.2 Å². The van der Waals surface area contributed by atoms with E-state index < -0.39 is 5.97 Å². The number of nitrogens with zero attached hydrogens (tertiary/aromatic N) is 2. The second kappa shape index (κ2) is 7.23. The number of rotatable bonds is 7. The number of carboxylic acids is 1. The van der Waals surface area contributed by atoms with Gasteiger partial charge in [-0.2, -0.15) is 0 Å². The van der Waals surface area contributed by atoms with Crippen molar-refractivity contribution in [1.29, 1.82) is 0 Å². The second-order valence-electron chi connectivity index (χ2n) is 4.65. The second-order valence-corrected chi connectivity index (χ2v) is 4.65. The number of carboxylic acid groups (broad SMARTS) is 1. The number of carbonyl (C=O) groups is 2. The lowest BCUT2D eigenvalue weighted by atomic mass is 10.1. The molecule has 2 rings (SSSR count). The highest BCUT2D eigenvalue weighted by Crippen LogP contribution is 2.05. The summed E-state index contributed by atoms with van der Waals surface area (Å²) in [6, 6.07) is 6.01. The third kappa shape index (κ3) is 4.45. The number of hydrogen-bond donors (Lipinski definition) is 2.